The summed E-state index contributed by atoms with van der Waals surface area (Å²) >= 11 is 0. The molecule has 1 aromatic rings. The lowest BCUT2D eigenvalue weighted by atomic mass is 10.0. The van der Waals surface area contributed by atoms with E-state index in [-0.39, 0.29) is 10.8 Å². The molecule has 6 heteroatoms. The van der Waals surface area contributed by atoms with Gasteiger partial charge in [0.25, 0.3) is 0 Å². The maximum Gasteiger partial charge on any atom is 0.238 e. The van der Waals surface area contributed by atoms with E-state index in [0.717, 1.165) is 24.0 Å². The van der Waals surface area contributed by atoms with Crippen molar-refractivity contribution < 1.29 is 13.2 Å². The Morgan fingerprint density at radius 1 is 1.33 bits per heavy atom. The number of amides is 1. The summed E-state index contributed by atoms with van der Waals surface area (Å²) < 4.78 is 22.6. The highest BCUT2D eigenvalue weighted by atomic mass is 32.2. The van der Waals surface area contributed by atoms with E-state index in [1.54, 1.807) is 17.0 Å². The van der Waals surface area contributed by atoms with Gasteiger partial charge in [-0.15, -0.1) is 0 Å². The maximum atomic E-state index is 11.4. The summed E-state index contributed by atoms with van der Waals surface area (Å²) in [4.78, 5) is 13.3. The third-order valence-corrected chi connectivity index (χ3v) is 4.10. The Balaban J connectivity index is 2.42. The number of carbonyl (C=O) groups excluding carboxylic acids is 1. The van der Waals surface area contributed by atoms with Crippen LogP contribution in [0.3, 0.4) is 0 Å². The Morgan fingerprint density at radius 2 is 2.06 bits per heavy atom. The van der Waals surface area contributed by atoms with Crippen LogP contribution in [0.1, 0.15) is 24.5 Å². The average molecular weight is 268 g/mol. The molecule has 2 N–H and O–H groups in total. The van der Waals surface area contributed by atoms with Crippen LogP contribution in [0.5, 0.6) is 0 Å². The molecule has 0 fully saturated rings. The molecule has 0 saturated carbocycles. The van der Waals surface area contributed by atoms with Crippen molar-refractivity contribution in [1.82, 2.24) is 4.90 Å². The molecule has 1 aliphatic rings. The molecule has 5 nitrogen and oxygen atoms in total. The topological polar surface area (TPSA) is 80.5 Å². The summed E-state index contributed by atoms with van der Waals surface area (Å²) in [7, 11) is -3.69. The zero-order valence-corrected chi connectivity index (χ0v) is 11.0. The predicted octanol–water partition coefficient (Wildman–Crippen LogP) is 0.629. The number of fused-ring (bicyclic) bond motifs is 1. The first-order valence-electron chi connectivity index (χ1n) is 5.78. The minimum Gasteiger partial charge on any atom is -0.339 e. The van der Waals surface area contributed by atoms with Gasteiger partial charge < -0.3 is 4.90 Å². The number of aryl methyl sites for hydroxylation is 1. The van der Waals surface area contributed by atoms with Gasteiger partial charge in [0.15, 0.2) is 0 Å². The van der Waals surface area contributed by atoms with Crippen LogP contribution in [0.25, 0.3) is 0 Å². The van der Waals surface area contributed by atoms with Gasteiger partial charge in [-0.2, -0.15) is 0 Å². The van der Waals surface area contributed by atoms with Crippen molar-refractivity contribution in [3.63, 3.8) is 0 Å². The third-order valence-electron chi connectivity index (χ3n) is 3.19. The fourth-order valence-corrected chi connectivity index (χ4v) is 2.75. The van der Waals surface area contributed by atoms with Gasteiger partial charge >= 0.3 is 0 Å². The van der Waals surface area contributed by atoms with Crippen LogP contribution in [0.2, 0.25) is 0 Å². The number of nitrogens with two attached hydrogens (primary N) is 1. The maximum absolute atomic E-state index is 11.4. The van der Waals surface area contributed by atoms with E-state index in [1.165, 1.54) is 13.0 Å². The van der Waals surface area contributed by atoms with E-state index in [1.807, 2.05) is 0 Å². The van der Waals surface area contributed by atoms with Gasteiger partial charge in [0.1, 0.15) is 0 Å². The Kier molecular flexibility index (Phi) is 3.41. The highest BCUT2D eigenvalue weighted by Gasteiger charge is 2.18. The van der Waals surface area contributed by atoms with Crippen LogP contribution in [0.4, 0.5) is 0 Å². The van der Waals surface area contributed by atoms with E-state index in [0.29, 0.717) is 13.1 Å². The van der Waals surface area contributed by atoms with Gasteiger partial charge in [-0.25, -0.2) is 13.6 Å². The number of rotatable bonds is 1. The fourth-order valence-electron chi connectivity index (χ4n) is 2.18. The Bertz CT molecular complexity index is 581. The Labute approximate surface area is 107 Å². The van der Waals surface area contributed by atoms with Crippen LogP contribution in [0, 0.1) is 0 Å². The molecule has 0 aromatic heterocycles. The summed E-state index contributed by atoms with van der Waals surface area (Å²) in [5, 5.41) is 5.12. The largest absolute Gasteiger partial charge is 0.339 e. The second-order valence-corrected chi connectivity index (χ2v) is 6.08. The highest BCUT2D eigenvalue weighted by Crippen LogP contribution is 2.21. The summed E-state index contributed by atoms with van der Waals surface area (Å²) in [5.74, 6) is 0.00357. The zero-order chi connectivity index (χ0) is 13.3. The first kappa shape index (κ1) is 13.0. The van der Waals surface area contributed by atoms with Crippen molar-refractivity contribution in [2.24, 2.45) is 5.14 Å². The molecule has 1 heterocycles. The van der Waals surface area contributed by atoms with E-state index in [9.17, 15) is 13.2 Å². The molecule has 0 aliphatic carbocycles. The summed E-state index contributed by atoms with van der Waals surface area (Å²) in [6.07, 6.45) is 1.74. The van der Waals surface area contributed by atoms with Gasteiger partial charge in [0.05, 0.1) is 4.90 Å². The van der Waals surface area contributed by atoms with E-state index >= 15 is 0 Å². The quantitative estimate of drug-likeness (QED) is 0.811. The molecular formula is C12H16N2O3S. The second-order valence-electron chi connectivity index (χ2n) is 4.52. The van der Waals surface area contributed by atoms with E-state index < -0.39 is 10.0 Å². The van der Waals surface area contributed by atoms with Crippen LogP contribution < -0.4 is 5.14 Å². The summed E-state index contributed by atoms with van der Waals surface area (Å²) in [5.41, 5.74) is 1.96. The molecule has 18 heavy (non-hydrogen) atoms. The summed E-state index contributed by atoms with van der Waals surface area (Å²) in [6, 6.07) is 4.89. The molecule has 98 valence electrons. The molecule has 1 aromatic carbocycles. The SMILES string of the molecule is CC(=O)N1CCCc2ccc(S(N)(=O)=O)cc2C1. The molecule has 0 atom stereocenters. The van der Waals surface area contributed by atoms with Crippen molar-refractivity contribution in [3.8, 4) is 0 Å². The number of hydrogen-bond acceptors (Lipinski definition) is 3. The van der Waals surface area contributed by atoms with Crippen LogP contribution in [-0.2, 0) is 27.8 Å². The molecule has 1 amide bonds. The minimum atomic E-state index is -3.69. The lowest BCUT2D eigenvalue weighted by Gasteiger charge is -2.18. The lowest BCUT2D eigenvalue weighted by molar-refractivity contribution is -0.129. The van der Waals surface area contributed by atoms with Crippen molar-refractivity contribution in [2.45, 2.75) is 31.2 Å². The van der Waals surface area contributed by atoms with Gasteiger partial charge in [-0.05, 0) is 36.1 Å². The predicted molar refractivity (Wildman–Crippen MR) is 67.2 cm³/mol. The number of benzene rings is 1. The van der Waals surface area contributed by atoms with E-state index in [2.05, 4.69) is 0 Å². The van der Waals surface area contributed by atoms with Crippen LogP contribution >= 0.6 is 0 Å². The number of sulfonamides is 1. The van der Waals surface area contributed by atoms with Crippen molar-refractivity contribution >= 4 is 15.9 Å². The van der Waals surface area contributed by atoms with Crippen LogP contribution in [-0.4, -0.2) is 25.8 Å². The normalized spacial score (nSPS) is 16.0. The van der Waals surface area contributed by atoms with Gasteiger partial charge in [0.2, 0.25) is 15.9 Å². The molecule has 0 saturated heterocycles. The monoisotopic (exact) mass is 268 g/mol. The van der Waals surface area contributed by atoms with Gasteiger partial charge in [-0.1, -0.05) is 6.07 Å². The summed E-state index contributed by atoms with van der Waals surface area (Å²) in [6.45, 7) is 2.68. The Morgan fingerprint density at radius 3 is 2.67 bits per heavy atom. The number of nitrogens with zero attached hydrogens (tertiary/aromatic N) is 1. The first-order chi connectivity index (χ1) is 8.38. The first-order valence-corrected chi connectivity index (χ1v) is 7.32. The standard InChI is InChI=1S/C12H16N2O3S/c1-9(15)14-6-2-3-10-4-5-12(18(13,16)17)7-11(10)8-14/h4-5,7H,2-3,6,8H2,1H3,(H2,13,16,17). The molecule has 1 aliphatic heterocycles. The molecule has 0 unspecified atom stereocenters. The molecular weight excluding hydrogens is 252 g/mol. The van der Waals surface area contributed by atoms with Crippen LogP contribution in [0.15, 0.2) is 23.1 Å². The van der Waals surface area contributed by atoms with Gasteiger partial charge in [-0.3, -0.25) is 4.79 Å². The van der Waals surface area contributed by atoms with Gasteiger partial charge in [0, 0.05) is 20.0 Å². The molecule has 0 bridgehead atoms. The molecule has 0 spiro atoms. The number of carbonyl (C=O) groups is 1. The minimum absolute atomic E-state index is 0.00357. The van der Waals surface area contributed by atoms with E-state index in [4.69, 9.17) is 5.14 Å². The highest BCUT2D eigenvalue weighted by molar-refractivity contribution is 7.89. The average Bonchev–Trinajstić information content (AvgIpc) is 2.48. The Hall–Kier alpha value is -1.40. The van der Waals surface area contributed by atoms with Crippen molar-refractivity contribution in [2.75, 3.05) is 6.54 Å². The molecule has 2 rings (SSSR count). The smallest absolute Gasteiger partial charge is 0.238 e. The zero-order valence-electron chi connectivity index (χ0n) is 10.2. The fraction of sp³-hybridized carbons (Fsp3) is 0.417. The van der Waals surface area contributed by atoms with Crippen molar-refractivity contribution in [3.05, 3.63) is 29.3 Å². The number of hydrogen-bond donors (Lipinski definition) is 1. The third kappa shape index (κ3) is 2.70. The molecule has 0 radical (unpaired) electrons. The second kappa shape index (κ2) is 4.70. The van der Waals surface area contributed by atoms with Crippen molar-refractivity contribution in [1.29, 1.82) is 0 Å². The lowest BCUT2D eigenvalue weighted by Crippen LogP contribution is -2.28. The number of primary sulfonamides is 1.